The monoisotopic (exact) mass is 177 g/mol. The molecule has 2 nitrogen and oxygen atoms in total. The maximum atomic E-state index is 10.2. The molecule has 0 aliphatic carbocycles. The molecule has 2 aromatic rings. The summed E-state index contributed by atoms with van der Waals surface area (Å²) < 4.78 is 10.2. The third-order valence-corrected chi connectivity index (χ3v) is 2.08. The van der Waals surface area contributed by atoms with Crippen LogP contribution >= 0.6 is 0 Å². The minimum atomic E-state index is 0.464. The van der Waals surface area contributed by atoms with Crippen molar-refractivity contribution in [1.29, 1.82) is 0 Å². The minimum absolute atomic E-state index is 0.464. The number of hydrogen-bond donors (Lipinski definition) is 1. The second-order valence-corrected chi connectivity index (χ2v) is 2.95. The van der Waals surface area contributed by atoms with Gasteiger partial charge in [0.1, 0.15) is 0 Å². The van der Waals surface area contributed by atoms with Gasteiger partial charge in [-0.2, -0.15) is 0 Å². The van der Waals surface area contributed by atoms with E-state index in [0.29, 0.717) is 11.3 Å². The molecule has 0 aliphatic heterocycles. The molecule has 0 unspecified atom stereocenters. The zero-order valence-corrected chi connectivity index (χ0v) is 7.10. The zero-order valence-electron chi connectivity index (χ0n) is 6.28. The molecule has 0 bridgehead atoms. The summed E-state index contributed by atoms with van der Waals surface area (Å²) in [6, 6.07) is 9.90. The van der Waals surface area contributed by atoms with E-state index in [-0.39, 0.29) is 0 Å². The number of benzene rings is 1. The lowest BCUT2D eigenvalue weighted by molar-refractivity contribution is 0.701. The van der Waals surface area contributed by atoms with Gasteiger partial charge in [0.05, 0.1) is 22.3 Å². The number of hydrogen-bond acceptors (Lipinski definition) is 1. The molecule has 0 atom stereocenters. The molecule has 1 aromatic carbocycles. The quantitative estimate of drug-likeness (QED) is 0.658. The van der Waals surface area contributed by atoms with Crippen LogP contribution in [0.2, 0.25) is 0 Å². The fourth-order valence-corrected chi connectivity index (χ4v) is 1.44. The number of para-hydroxylation sites is 1. The van der Waals surface area contributed by atoms with Gasteiger partial charge in [0, 0.05) is 10.9 Å². The fourth-order valence-electron chi connectivity index (χ4n) is 1.21. The van der Waals surface area contributed by atoms with E-state index in [1.807, 2.05) is 30.3 Å². The fraction of sp³-hybridized carbons (Fsp3) is 0. The van der Waals surface area contributed by atoms with Crippen LogP contribution in [0.15, 0.2) is 30.3 Å². The van der Waals surface area contributed by atoms with Crippen molar-refractivity contribution < 1.29 is 4.21 Å². The smallest absolute Gasteiger partial charge is 0.0907 e. The summed E-state index contributed by atoms with van der Waals surface area (Å²) in [6.07, 6.45) is 0. The number of aromatic nitrogens is 1. The Morgan fingerprint density at radius 3 is 2.92 bits per heavy atom. The van der Waals surface area contributed by atoms with Crippen LogP contribution in [-0.4, -0.2) is 14.6 Å². The molecule has 0 radical (unpaired) electrons. The van der Waals surface area contributed by atoms with E-state index in [9.17, 15) is 4.21 Å². The maximum Gasteiger partial charge on any atom is 0.0907 e. The molecule has 1 N–H and O–H groups in total. The van der Waals surface area contributed by atoms with Gasteiger partial charge in [0.25, 0.3) is 0 Å². The summed E-state index contributed by atoms with van der Waals surface area (Å²) in [4.78, 5) is 3.12. The Morgan fingerprint density at radius 2 is 2.17 bits per heavy atom. The molecule has 1 heterocycles. The van der Waals surface area contributed by atoms with Gasteiger partial charge < -0.3 is 4.98 Å². The molecule has 12 heavy (non-hydrogen) atoms. The van der Waals surface area contributed by atoms with E-state index in [1.165, 1.54) is 0 Å². The molecule has 0 saturated heterocycles. The van der Waals surface area contributed by atoms with E-state index >= 15 is 0 Å². The Kier molecular flexibility index (Phi) is 1.80. The van der Waals surface area contributed by atoms with Gasteiger partial charge in [-0.1, -0.05) is 18.2 Å². The van der Waals surface area contributed by atoms with E-state index in [0.717, 1.165) is 16.6 Å². The first kappa shape index (κ1) is 7.31. The average Bonchev–Trinajstić information content (AvgIpc) is 2.47. The number of aromatic amines is 1. The second kappa shape index (κ2) is 2.95. The van der Waals surface area contributed by atoms with Crippen molar-refractivity contribution in [2.75, 3.05) is 0 Å². The van der Waals surface area contributed by atoms with Gasteiger partial charge in [0.2, 0.25) is 0 Å². The summed E-state index contributed by atoms with van der Waals surface area (Å²) in [7, 11) is 0. The van der Waals surface area contributed by atoms with Crippen LogP contribution in [0.5, 0.6) is 0 Å². The lowest BCUT2D eigenvalue weighted by atomic mass is 10.2. The molecule has 0 fully saturated rings. The van der Waals surface area contributed by atoms with Crippen LogP contribution in [0.3, 0.4) is 0 Å². The highest BCUT2D eigenvalue weighted by atomic mass is 32.1. The zero-order chi connectivity index (χ0) is 8.39. The minimum Gasteiger partial charge on any atom is -0.354 e. The van der Waals surface area contributed by atoms with Crippen molar-refractivity contribution in [3.63, 3.8) is 0 Å². The van der Waals surface area contributed by atoms with Crippen molar-refractivity contribution >= 4 is 27.5 Å². The Bertz CT molecular complexity index is 421. The molecule has 60 valence electrons. The van der Waals surface area contributed by atoms with Crippen LogP contribution < -0.4 is 0 Å². The van der Waals surface area contributed by atoms with E-state index in [1.54, 1.807) is 5.37 Å². The summed E-state index contributed by atoms with van der Waals surface area (Å²) in [5.74, 6) is 0. The van der Waals surface area contributed by atoms with Gasteiger partial charge in [-0.15, -0.1) is 0 Å². The first-order chi connectivity index (χ1) is 5.90. The maximum absolute atomic E-state index is 10.2. The molecule has 2 rings (SSSR count). The standard InChI is InChI=1S/C9H7NOS/c11-12-6-8-5-7-3-1-2-4-9(7)10-8/h1-6,10H. The molecule has 0 spiro atoms. The summed E-state index contributed by atoms with van der Waals surface area (Å²) in [5.41, 5.74) is 1.94. The molecular formula is C9H7NOS. The molecule has 0 amide bonds. The lowest BCUT2D eigenvalue weighted by Gasteiger charge is -1.83. The number of nitrogens with one attached hydrogen (secondary N) is 1. The number of fused-ring (bicyclic) bond motifs is 1. The second-order valence-electron chi connectivity index (χ2n) is 2.53. The molecule has 0 aliphatic rings. The van der Waals surface area contributed by atoms with Gasteiger partial charge in [-0.25, -0.2) is 4.21 Å². The Labute approximate surface area is 73.3 Å². The first-order valence-electron chi connectivity index (χ1n) is 3.60. The van der Waals surface area contributed by atoms with E-state index in [2.05, 4.69) is 4.98 Å². The van der Waals surface area contributed by atoms with E-state index < -0.39 is 0 Å². The largest absolute Gasteiger partial charge is 0.354 e. The van der Waals surface area contributed by atoms with Crippen molar-refractivity contribution in [3.05, 3.63) is 36.0 Å². The van der Waals surface area contributed by atoms with Crippen LogP contribution in [0, 0.1) is 0 Å². The molecule has 3 heteroatoms. The topological polar surface area (TPSA) is 32.9 Å². The highest BCUT2D eigenvalue weighted by Crippen LogP contribution is 2.12. The third-order valence-electron chi connectivity index (χ3n) is 1.73. The van der Waals surface area contributed by atoms with Gasteiger partial charge in [0.15, 0.2) is 0 Å². The first-order valence-corrected chi connectivity index (χ1v) is 4.40. The predicted octanol–water partition coefficient (Wildman–Crippen LogP) is 1.53. The van der Waals surface area contributed by atoms with Gasteiger partial charge in [-0.3, -0.25) is 0 Å². The summed E-state index contributed by atoms with van der Waals surface area (Å²) >= 11 is 0.464. The molecular weight excluding hydrogens is 170 g/mol. The highest BCUT2D eigenvalue weighted by Gasteiger charge is 1.95. The van der Waals surface area contributed by atoms with Crippen LogP contribution in [0.1, 0.15) is 5.69 Å². The third kappa shape index (κ3) is 1.19. The number of H-pyrrole nitrogens is 1. The molecule has 1 aromatic heterocycles. The SMILES string of the molecule is O=S=Cc1cc2ccccc2[nH]1. The average molecular weight is 177 g/mol. The van der Waals surface area contributed by atoms with Crippen molar-refractivity contribution in [1.82, 2.24) is 4.98 Å². The Balaban J connectivity index is 2.69. The van der Waals surface area contributed by atoms with E-state index in [4.69, 9.17) is 0 Å². The van der Waals surface area contributed by atoms with Crippen molar-refractivity contribution in [2.24, 2.45) is 0 Å². The van der Waals surface area contributed by atoms with Crippen LogP contribution in [-0.2, 0) is 11.3 Å². The summed E-state index contributed by atoms with van der Waals surface area (Å²) in [6.45, 7) is 0. The van der Waals surface area contributed by atoms with Crippen LogP contribution in [0.4, 0.5) is 0 Å². The lowest BCUT2D eigenvalue weighted by Crippen LogP contribution is -1.76. The van der Waals surface area contributed by atoms with Crippen molar-refractivity contribution in [2.45, 2.75) is 0 Å². The van der Waals surface area contributed by atoms with Gasteiger partial charge >= 0.3 is 0 Å². The van der Waals surface area contributed by atoms with Crippen LogP contribution in [0.25, 0.3) is 10.9 Å². The molecule has 0 saturated carbocycles. The number of rotatable bonds is 1. The van der Waals surface area contributed by atoms with Gasteiger partial charge in [-0.05, 0) is 12.1 Å². The Morgan fingerprint density at radius 1 is 1.33 bits per heavy atom. The predicted molar refractivity (Wildman–Crippen MR) is 51.6 cm³/mol. The van der Waals surface area contributed by atoms with Crippen molar-refractivity contribution in [3.8, 4) is 0 Å². The Hall–Kier alpha value is -1.35. The normalized spacial score (nSPS) is 10.0. The summed E-state index contributed by atoms with van der Waals surface area (Å²) in [5, 5.41) is 2.69. The highest BCUT2D eigenvalue weighted by molar-refractivity contribution is 7.65.